The van der Waals surface area contributed by atoms with Gasteiger partial charge in [0.2, 0.25) is 11.8 Å². The van der Waals surface area contributed by atoms with Crippen LogP contribution in [0.2, 0.25) is 0 Å². The average Bonchev–Trinajstić information content (AvgIpc) is 2.69. The molecule has 190 valence electrons. The lowest BCUT2D eigenvalue weighted by molar-refractivity contribution is -0.124. The fraction of sp³-hybridized carbons (Fsp3) is 0.917. The van der Waals surface area contributed by atoms with Gasteiger partial charge in [0.05, 0.1) is 25.4 Å². The summed E-state index contributed by atoms with van der Waals surface area (Å²) in [6.45, 7) is 19.9. The van der Waals surface area contributed by atoms with Crippen LogP contribution in [0.15, 0.2) is 0 Å². The Bertz CT molecular complexity index is 574. The molecule has 0 aromatic rings. The summed E-state index contributed by atoms with van der Waals surface area (Å²) in [6, 6.07) is 0. The third kappa shape index (κ3) is 15.6. The first kappa shape index (κ1) is 30.8. The molecule has 2 amide bonds. The second kappa shape index (κ2) is 13.5. The maximum atomic E-state index is 12.1. The number of carbonyl (C=O) groups is 2. The zero-order valence-corrected chi connectivity index (χ0v) is 21.9. The smallest absolute Gasteiger partial charge is 0.220 e. The van der Waals surface area contributed by atoms with E-state index in [9.17, 15) is 9.59 Å². The van der Waals surface area contributed by atoms with Gasteiger partial charge < -0.3 is 31.6 Å². The van der Waals surface area contributed by atoms with Crippen LogP contribution >= 0.6 is 0 Å². The molecular weight excluding hydrogens is 408 g/mol. The van der Waals surface area contributed by atoms with E-state index in [2.05, 4.69) is 38.3 Å². The number of ether oxygens (including phenoxy) is 2. The molecule has 0 aromatic heterocycles. The summed E-state index contributed by atoms with van der Waals surface area (Å²) in [5.41, 5.74) is 10.6. The van der Waals surface area contributed by atoms with E-state index in [1.165, 1.54) is 0 Å². The van der Waals surface area contributed by atoms with Gasteiger partial charge >= 0.3 is 0 Å². The lowest BCUT2D eigenvalue weighted by Crippen LogP contribution is -2.43. The standard InChI is InChI=1S/C24H50N4O4/c1-21(2,12-25)16-31-17-23(5,6)14-27-19(29)10-9-11-20(30)28-15-24(7,8)32-18-22(3,4)13-26/h9-18,25-26H2,1-8H3,(H,27,29)(H,28,30). The molecule has 0 heterocycles. The first-order valence-electron chi connectivity index (χ1n) is 11.7. The number of nitrogens with two attached hydrogens (primary N) is 2. The van der Waals surface area contributed by atoms with Gasteiger partial charge in [0.15, 0.2) is 0 Å². The van der Waals surface area contributed by atoms with Crippen LogP contribution in [0.4, 0.5) is 0 Å². The molecule has 0 aliphatic heterocycles. The summed E-state index contributed by atoms with van der Waals surface area (Å²) in [7, 11) is 0. The average molecular weight is 459 g/mol. The maximum Gasteiger partial charge on any atom is 0.220 e. The zero-order valence-electron chi connectivity index (χ0n) is 21.9. The molecule has 0 saturated heterocycles. The van der Waals surface area contributed by atoms with Crippen molar-refractivity contribution in [2.24, 2.45) is 27.7 Å². The van der Waals surface area contributed by atoms with Crippen molar-refractivity contribution in [3.8, 4) is 0 Å². The second-order valence-electron chi connectivity index (χ2n) is 11.8. The SMILES string of the molecule is CC(C)(CN)COCC(C)(C)CNC(=O)CCCC(=O)NCC(C)(C)OCC(C)(C)CN. The lowest BCUT2D eigenvalue weighted by atomic mass is 9.93. The Morgan fingerprint density at radius 2 is 1.12 bits per heavy atom. The molecule has 0 rings (SSSR count). The monoisotopic (exact) mass is 458 g/mol. The van der Waals surface area contributed by atoms with Gasteiger partial charge in [0.1, 0.15) is 0 Å². The van der Waals surface area contributed by atoms with Gasteiger partial charge in [0.25, 0.3) is 0 Å². The number of rotatable bonds is 17. The van der Waals surface area contributed by atoms with E-state index < -0.39 is 5.60 Å². The molecule has 0 saturated carbocycles. The number of nitrogens with one attached hydrogen (secondary N) is 2. The highest BCUT2D eigenvalue weighted by molar-refractivity contribution is 5.78. The van der Waals surface area contributed by atoms with Crippen LogP contribution in [0.25, 0.3) is 0 Å². The molecule has 0 aliphatic rings. The number of hydrogen-bond donors (Lipinski definition) is 4. The first-order chi connectivity index (χ1) is 14.5. The van der Waals surface area contributed by atoms with Crippen molar-refractivity contribution < 1.29 is 19.1 Å². The second-order valence-corrected chi connectivity index (χ2v) is 11.8. The third-order valence-corrected chi connectivity index (χ3v) is 5.23. The molecule has 0 aliphatic carbocycles. The summed E-state index contributed by atoms with van der Waals surface area (Å²) in [5, 5.41) is 5.84. The minimum atomic E-state index is -0.480. The predicted molar refractivity (Wildman–Crippen MR) is 130 cm³/mol. The van der Waals surface area contributed by atoms with Crippen molar-refractivity contribution in [1.82, 2.24) is 10.6 Å². The number of carbonyl (C=O) groups excluding carboxylic acids is 2. The molecule has 8 heteroatoms. The Morgan fingerprint density at radius 1 is 0.688 bits per heavy atom. The first-order valence-corrected chi connectivity index (χ1v) is 11.7. The summed E-state index contributed by atoms with van der Waals surface area (Å²) >= 11 is 0. The Hall–Kier alpha value is -1.22. The van der Waals surface area contributed by atoms with Crippen molar-refractivity contribution in [3.63, 3.8) is 0 Å². The Labute approximate surface area is 195 Å². The van der Waals surface area contributed by atoms with E-state index in [0.29, 0.717) is 65.3 Å². The quantitative estimate of drug-likeness (QED) is 0.264. The highest BCUT2D eigenvalue weighted by Gasteiger charge is 2.25. The lowest BCUT2D eigenvalue weighted by Gasteiger charge is -2.31. The zero-order chi connectivity index (χ0) is 25.1. The molecule has 8 nitrogen and oxygen atoms in total. The van der Waals surface area contributed by atoms with Crippen LogP contribution in [0.5, 0.6) is 0 Å². The summed E-state index contributed by atoms with van der Waals surface area (Å²) in [5.74, 6) is -0.135. The van der Waals surface area contributed by atoms with Crippen molar-refractivity contribution >= 4 is 11.8 Å². The van der Waals surface area contributed by atoms with Crippen molar-refractivity contribution in [1.29, 1.82) is 0 Å². The molecule has 0 atom stereocenters. The van der Waals surface area contributed by atoms with E-state index in [4.69, 9.17) is 20.9 Å². The predicted octanol–water partition coefficient (Wildman–Crippen LogP) is 2.20. The van der Waals surface area contributed by atoms with Gasteiger partial charge in [-0.05, 0) is 33.4 Å². The molecule has 6 N–H and O–H groups in total. The minimum Gasteiger partial charge on any atom is -0.380 e. The highest BCUT2D eigenvalue weighted by Crippen LogP contribution is 2.19. The van der Waals surface area contributed by atoms with Crippen molar-refractivity contribution in [2.45, 2.75) is 80.3 Å². The summed E-state index contributed by atoms with van der Waals surface area (Å²) in [4.78, 5) is 24.3. The molecule has 0 spiro atoms. The number of hydrogen-bond acceptors (Lipinski definition) is 6. The Balaban J connectivity index is 4.09. The van der Waals surface area contributed by atoms with E-state index in [1.54, 1.807) is 0 Å². The molecule has 0 fully saturated rings. The van der Waals surface area contributed by atoms with Crippen LogP contribution in [0.3, 0.4) is 0 Å². The molecule has 0 bridgehead atoms. The topological polar surface area (TPSA) is 129 Å². The van der Waals surface area contributed by atoms with Crippen LogP contribution in [-0.4, -0.2) is 63.4 Å². The highest BCUT2D eigenvalue weighted by atomic mass is 16.5. The third-order valence-electron chi connectivity index (χ3n) is 5.23. The molecule has 32 heavy (non-hydrogen) atoms. The van der Waals surface area contributed by atoms with Gasteiger partial charge in [-0.1, -0.05) is 41.5 Å². The Kier molecular flexibility index (Phi) is 13.0. The Morgan fingerprint density at radius 3 is 1.62 bits per heavy atom. The molecule has 0 radical (unpaired) electrons. The molecule has 0 unspecified atom stereocenters. The van der Waals surface area contributed by atoms with Crippen molar-refractivity contribution in [2.75, 3.05) is 46.0 Å². The van der Waals surface area contributed by atoms with Crippen molar-refractivity contribution in [3.05, 3.63) is 0 Å². The van der Waals surface area contributed by atoms with Gasteiger partial charge in [-0.3, -0.25) is 9.59 Å². The van der Waals surface area contributed by atoms with Gasteiger partial charge in [0, 0.05) is 42.2 Å². The van der Waals surface area contributed by atoms with Crippen LogP contribution < -0.4 is 22.1 Å². The summed E-state index contributed by atoms with van der Waals surface area (Å²) in [6.07, 6.45) is 1.12. The van der Waals surface area contributed by atoms with Gasteiger partial charge in [-0.25, -0.2) is 0 Å². The van der Waals surface area contributed by atoms with E-state index in [-0.39, 0.29) is 28.1 Å². The molecular formula is C24H50N4O4. The molecule has 0 aromatic carbocycles. The van der Waals surface area contributed by atoms with Crippen LogP contribution in [-0.2, 0) is 19.1 Å². The number of amides is 2. The minimum absolute atomic E-state index is 0.0533. The van der Waals surface area contributed by atoms with Gasteiger partial charge in [-0.2, -0.15) is 0 Å². The van der Waals surface area contributed by atoms with Crippen LogP contribution in [0, 0.1) is 16.2 Å². The fourth-order valence-corrected chi connectivity index (χ4v) is 2.45. The van der Waals surface area contributed by atoms with Gasteiger partial charge in [-0.15, -0.1) is 0 Å². The maximum absolute atomic E-state index is 12.1. The largest absolute Gasteiger partial charge is 0.380 e. The van der Waals surface area contributed by atoms with E-state index in [1.807, 2.05) is 27.7 Å². The van der Waals surface area contributed by atoms with E-state index >= 15 is 0 Å². The van der Waals surface area contributed by atoms with Crippen LogP contribution in [0.1, 0.15) is 74.7 Å². The van der Waals surface area contributed by atoms with E-state index in [0.717, 1.165) is 0 Å². The summed E-state index contributed by atoms with van der Waals surface area (Å²) < 4.78 is 11.7. The normalized spacial score (nSPS) is 13.2. The fourth-order valence-electron chi connectivity index (χ4n) is 2.45.